The number of nitrogens with zero attached hydrogens (tertiary/aromatic N) is 2. The molecular formula is C24H31ClN2O3S2. The lowest BCUT2D eigenvalue weighted by Gasteiger charge is -2.38. The number of carbonyl (C=O) groups excluding carboxylic acids is 1. The fourth-order valence-corrected chi connectivity index (χ4v) is 8.08. The van der Waals surface area contributed by atoms with Crippen LogP contribution in [0.1, 0.15) is 38.2 Å². The topological polar surface area (TPSA) is 57.7 Å². The Balaban J connectivity index is 1.26. The second kappa shape index (κ2) is 10.2. The van der Waals surface area contributed by atoms with Crippen LogP contribution in [0, 0.1) is 17.8 Å². The summed E-state index contributed by atoms with van der Waals surface area (Å²) < 4.78 is 28.0. The summed E-state index contributed by atoms with van der Waals surface area (Å²) in [7, 11) is -3.49. The number of hydrogen-bond acceptors (Lipinski definition) is 4. The van der Waals surface area contributed by atoms with Crippen LogP contribution >= 0.6 is 22.9 Å². The molecule has 2 fully saturated rings. The molecule has 0 unspecified atom stereocenters. The van der Waals surface area contributed by atoms with Gasteiger partial charge in [-0.1, -0.05) is 48.9 Å². The maximum absolute atomic E-state index is 13.1. The van der Waals surface area contributed by atoms with E-state index in [1.807, 2.05) is 17.9 Å². The molecule has 1 atom stereocenters. The molecule has 32 heavy (non-hydrogen) atoms. The highest BCUT2D eigenvalue weighted by Crippen LogP contribution is 2.33. The minimum atomic E-state index is -3.49. The van der Waals surface area contributed by atoms with E-state index in [0.717, 1.165) is 56.5 Å². The minimum Gasteiger partial charge on any atom is -0.342 e. The smallest absolute Gasteiger partial charge is 0.252 e. The molecule has 1 aromatic heterocycles. The zero-order chi connectivity index (χ0) is 22.7. The van der Waals surface area contributed by atoms with E-state index in [2.05, 4.69) is 24.3 Å². The first-order valence-corrected chi connectivity index (χ1v) is 14.1. The van der Waals surface area contributed by atoms with Crippen LogP contribution in [0.3, 0.4) is 0 Å². The van der Waals surface area contributed by atoms with Crippen molar-refractivity contribution >= 4 is 38.9 Å². The van der Waals surface area contributed by atoms with Crippen LogP contribution in [0.4, 0.5) is 0 Å². The number of hydrogen-bond donors (Lipinski definition) is 0. The first-order chi connectivity index (χ1) is 15.3. The lowest BCUT2D eigenvalue weighted by molar-refractivity contribution is -0.138. The monoisotopic (exact) mass is 494 g/mol. The Morgan fingerprint density at radius 1 is 1.03 bits per heavy atom. The molecule has 1 aromatic carbocycles. The van der Waals surface area contributed by atoms with Crippen LogP contribution in [-0.4, -0.2) is 49.7 Å². The van der Waals surface area contributed by atoms with Gasteiger partial charge in [0.2, 0.25) is 5.91 Å². The van der Waals surface area contributed by atoms with Gasteiger partial charge in [-0.3, -0.25) is 4.79 Å². The number of piperidine rings is 2. The number of carbonyl (C=O) groups is 1. The number of sulfonamides is 1. The molecule has 5 nitrogen and oxygen atoms in total. The summed E-state index contributed by atoms with van der Waals surface area (Å²) in [6, 6.07) is 13.8. The molecule has 8 heteroatoms. The van der Waals surface area contributed by atoms with Gasteiger partial charge < -0.3 is 4.90 Å². The Labute approximate surface area is 200 Å². The van der Waals surface area contributed by atoms with Crippen LogP contribution < -0.4 is 0 Å². The van der Waals surface area contributed by atoms with Crippen molar-refractivity contribution in [1.29, 1.82) is 0 Å². The third-order valence-corrected chi connectivity index (χ3v) is 10.6. The van der Waals surface area contributed by atoms with E-state index in [4.69, 9.17) is 11.6 Å². The van der Waals surface area contributed by atoms with Gasteiger partial charge in [-0.2, -0.15) is 4.31 Å². The van der Waals surface area contributed by atoms with Crippen molar-refractivity contribution in [3.8, 4) is 0 Å². The second-order valence-electron chi connectivity index (χ2n) is 9.05. The fraction of sp³-hybridized carbons (Fsp3) is 0.542. The summed E-state index contributed by atoms with van der Waals surface area (Å²) >= 11 is 7.02. The molecule has 1 amide bonds. The molecule has 0 spiro atoms. The van der Waals surface area contributed by atoms with Crippen molar-refractivity contribution < 1.29 is 13.2 Å². The molecule has 0 radical (unpaired) electrons. The van der Waals surface area contributed by atoms with Crippen molar-refractivity contribution in [1.82, 2.24) is 9.21 Å². The average molecular weight is 495 g/mol. The van der Waals surface area contributed by atoms with Gasteiger partial charge in [0.1, 0.15) is 4.21 Å². The number of rotatable bonds is 6. The molecular weight excluding hydrogens is 464 g/mol. The van der Waals surface area contributed by atoms with Crippen molar-refractivity contribution in [2.75, 3.05) is 26.2 Å². The average Bonchev–Trinajstić information content (AvgIpc) is 3.26. The van der Waals surface area contributed by atoms with Gasteiger partial charge in [0.05, 0.1) is 4.34 Å². The molecule has 0 aliphatic carbocycles. The van der Waals surface area contributed by atoms with Gasteiger partial charge in [0, 0.05) is 32.1 Å². The van der Waals surface area contributed by atoms with E-state index in [1.54, 1.807) is 12.1 Å². The van der Waals surface area contributed by atoms with Gasteiger partial charge in [-0.15, -0.1) is 11.3 Å². The Morgan fingerprint density at radius 3 is 2.28 bits per heavy atom. The highest BCUT2D eigenvalue weighted by molar-refractivity contribution is 7.91. The molecule has 2 aliphatic heterocycles. The summed E-state index contributed by atoms with van der Waals surface area (Å²) in [5.74, 6) is 1.02. The fourth-order valence-electron chi connectivity index (χ4n) is 4.97. The zero-order valence-electron chi connectivity index (χ0n) is 18.5. The summed E-state index contributed by atoms with van der Waals surface area (Å²) in [6.07, 6.45) is 4.62. The molecule has 2 aliphatic rings. The molecule has 2 aromatic rings. The Hall–Kier alpha value is -1.41. The summed E-state index contributed by atoms with van der Waals surface area (Å²) in [5.41, 5.74) is 1.37. The van der Waals surface area contributed by atoms with Crippen molar-refractivity contribution in [2.45, 2.75) is 43.2 Å². The maximum Gasteiger partial charge on any atom is 0.252 e. The quantitative estimate of drug-likeness (QED) is 0.572. The Kier molecular flexibility index (Phi) is 7.60. The third-order valence-electron chi connectivity index (χ3n) is 7.03. The van der Waals surface area contributed by atoms with Crippen LogP contribution in [0.5, 0.6) is 0 Å². The molecule has 0 saturated carbocycles. The maximum atomic E-state index is 13.1. The molecule has 2 saturated heterocycles. The summed E-state index contributed by atoms with van der Waals surface area (Å²) in [4.78, 5) is 15.2. The number of thiophene rings is 1. The van der Waals surface area contributed by atoms with Gasteiger partial charge in [-0.25, -0.2) is 8.42 Å². The van der Waals surface area contributed by atoms with E-state index < -0.39 is 10.0 Å². The largest absolute Gasteiger partial charge is 0.342 e. The van der Waals surface area contributed by atoms with Crippen LogP contribution in [0.2, 0.25) is 4.34 Å². The van der Waals surface area contributed by atoms with Gasteiger partial charge >= 0.3 is 0 Å². The molecule has 174 valence electrons. The normalized spacial score (nSPS) is 20.4. The molecule has 0 bridgehead atoms. The van der Waals surface area contributed by atoms with Gasteiger partial charge in [0.25, 0.3) is 10.0 Å². The van der Waals surface area contributed by atoms with Crippen molar-refractivity contribution in [3.05, 3.63) is 52.4 Å². The number of halogens is 1. The van der Waals surface area contributed by atoms with E-state index in [9.17, 15) is 13.2 Å². The lowest BCUT2D eigenvalue weighted by Crippen LogP contribution is -2.46. The van der Waals surface area contributed by atoms with Crippen LogP contribution in [0.15, 0.2) is 46.7 Å². The second-order valence-corrected chi connectivity index (χ2v) is 12.9. The van der Waals surface area contributed by atoms with E-state index in [-0.39, 0.29) is 17.7 Å². The molecule has 0 N–H and O–H groups in total. The first-order valence-electron chi connectivity index (χ1n) is 11.4. The highest BCUT2D eigenvalue weighted by atomic mass is 35.5. The number of amides is 1. The Morgan fingerprint density at radius 2 is 1.69 bits per heavy atom. The standard InChI is InChI=1S/C24H31ClN2O3S2/c1-18(21-11-15-27(16-12-21)32(29,30)23-8-7-22(25)31-23)24(28)26-13-9-20(10-14-26)17-19-5-3-2-4-6-19/h2-8,18,20-21H,9-17H2,1H3/t18-/m0/s1. The predicted octanol–water partition coefficient (Wildman–Crippen LogP) is 4.92. The SMILES string of the molecule is C[C@H](C(=O)N1CCC(Cc2ccccc2)CC1)C1CCN(S(=O)(=O)c2ccc(Cl)s2)CC1. The number of likely N-dealkylation sites (tertiary alicyclic amines) is 1. The van der Waals surface area contributed by atoms with E-state index in [0.29, 0.717) is 27.6 Å². The van der Waals surface area contributed by atoms with E-state index in [1.165, 1.54) is 9.87 Å². The van der Waals surface area contributed by atoms with Crippen LogP contribution in [0.25, 0.3) is 0 Å². The highest BCUT2D eigenvalue weighted by Gasteiger charge is 2.36. The number of benzene rings is 1. The van der Waals surface area contributed by atoms with E-state index >= 15 is 0 Å². The molecule has 3 heterocycles. The molecule has 4 rings (SSSR count). The first kappa shape index (κ1) is 23.7. The Bertz CT molecular complexity index is 1010. The zero-order valence-corrected chi connectivity index (χ0v) is 20.8. The van der Waals surface area contributed by atoms with Gasteiger partial charge in [0.15, 0.2) is 0 Å². The third kappa shape index (κ3) is 5.38. The summed E-state index contributed by atoms with van der Waals surface area (Å²) in [5, 5.41) is 0. The summed E-state index contributed by atoms with van der Waals surface area (Å²) in [6.45, 7) is 4.59. The lowest BCUT2D eigenvalue weighted by atomic mass is 9.84. The minimum absolute atomic E-state index is 0.0679. The predicted molar refractivity (Wildman–Crippen MR) is 129 cm³/mol. The van der Waals surface area contributed by atoms with Crippen LogP contribution in [-0.2, 0) is 21.2 Å². The van der Waals surface area contributed by atoms with Crippen molar-refractivity contribution in [2.24, 2.45) is 17.8 Å². The van der Waals surface area contributed by atoms with Gasteiger partial charge in [-0.05, 0) is 61.6 Å². The van der Waals surface area contributed by atoms with Crippen molar-refractivity contribution in [3.63, 3.8) is 0 Å².